The van der Waals surface area contributed by atoms with Crippen LogP contribution in [-0.4, -0.2) is 11.7 Å². The molecule has 0 fully saturated rings. The zero-order chi connectivity index (χ0) is 6.97. The van der Waals surface area contributed by atoms with Gasteiger partial charge in [-0.15, -0.1) is 0 Å². The Labute approximate surface area is 64.1 Å². The Kier molecular flexibility index (Phi) is 1.45. The highest BCUT2D eigenvalue weighted by molar-refractivity contribution is 8.04. The topological polar surface area (TPSA) is 29.1 Å². The van der Waals surface area contributed by atoms with E-state index >= 15 is 0 Å². The molecular formula is C7H9NOS. The van der Waals surface area contributed by atoms with Gasteiger partial charge in [0.15, 0.2) is 5.78 Å². The molecule has 0 aromatic heterocycles. The second kappa shape index (κ2) is 2.31. The minimum absolute atomic E-state index is 0.344. The van der Waals surface area contributed by atoms with E-state index in [2.05, 4.69) is 5.32 Å². The van der Waals surface area contributed by atoms with Gasteiger partial charge < -0.3 is 5.32 Å². The van der Waals surface area contributed by atoms with E-state index in [0.717, 1.165) is 30.0 Å². The summed E-state index contributed by atoms with van der Waals surface area (Å²) in [5, 5.41) is 3.21. The molecule has 0 saturated carbocycles. The van der Waals surface area contributed by atoms with Gasteiger partial charge in [-0.25, -0.2) is 0 Å². The summed E-state index contributed by atoms with van der Waals surface area (Å²) in [5.74, 6) is 1.24. The van der Waals surface area contributed by atoms with Crippen LogP contribution in [0.5, 0.6) is 0 Å². The summed E-state index contributed by atoms with van der Waals surface area (Å²) >= 11 is 1.65. The monoisotopic (exact) mass is 155 g/mol. The number of thioether (sulfide) groups is 1. The Morgan fingerprint density at radius 1 is 1.40 bits per heavy atom. The van der Waals surface area contributed by atoms with Crippen molar-refractivity contribution in [1.29, 1.82) is 0 Å². The lowest BCUT2D eigenvalue weighted by Gasteiger charge is -2.10. The average molecular weight is 155 g/mol. The number of Topliss-reactive ketones (excluding diaryl/α,β-unsaturated/α-hetero) is 1. The van der Waals surface area contributed by atoms with Gasteiger partial charge >= 0.3 is 0 Å². The van der Waals surface area contributed by atoms with Crippen LogP contribution in [0.2, 0.25) is 0 Å². The summed E-state index contributed by atoms with van der Waals surface area (Å²) in [4.78, 5) is 12.2. The van der Waals surface area contributed by atoms with Crippen LogP contribution in [0.25, 0.3) is 0 Å². The predicted octanol–water partition coefficient (Wildman–Crippen LogP) is 1.24. The first-order chi connectivity index (χ1) is 4.88. The van der Waals surface area contributed by atoms with Crippen LogP contribution in [0.1, 0.15) is 19.3 Å². The standard InChI is InChI=1S/C7H9NOS/c9-6-3-1-2-5-7(6)10-4-8-5/h8H,1-4H2. The molecule has 1 aliphatic heterocycles. The molecular weight excluding hydrogens is 146 g/mol. The maximum Gasteiger partial charge on any atom is 0.171 e. The largest absolute Gasteiger partial charge is 0.378 e. The maximum absolute atomic E-state index is 11.2. The molecule has 54 valence electrons. The summed E-state index contributed by atoms with van der Waals surface area (Å²) in [5.41, 5.74) is 1.20. The van der Waals surface area contributed by atoms with E-state index in [1.165, 1.54) is 5.70 Å². The van der Waals surface area contributed by atoms with Crippen molar-refractivity contribution in [3.05, 3.63) is 10.6 Å². The summed E-state index contributed by atoms with van der Waals surface area (Å²) in [7, 11) is 0. The minimum Gasteiger partial charge on any atom is -0.378 e. The Hall–Kier alpha value is -0.440. The molecule has 2 aliphatic rings. The third kappa shape index (κ3) is 0.850. The lowest BCUT2D eigenvalue weighted by Crippen LogP contribution is -2.12. The molecule has 0 unspecified atom stereocenters. The van der Waals surface area contributed by atoms with Gasteiger partial charge in [-0.1, -0.05) is 11.8 Å². The van der Waals surface area contributed by atoms with Crippen molar-refractivity contribution in [2.75, 3.05) is 5.88 Å². The predicted molar refractivity (Wildman–Crippen MR) is 41.5 cm³/mol. The van der Waals surface area contributed by atoms with E-state index in [0.29, 0.717) is 5.78 Å². The van der Waals surface area contributed by atoms with Crippen molar-refractivity contribution in [2.24, 2.45) is 0 Å². The molecule has 1 aliphatic carbocycles. The second-order valence-corrected chi connectivity index (χ2v) is 3.54. The molecule has 0 atom stereocenters. The van der Waals surface area contributed by atoms with E-state index in [1.54, 1.807) is 11.8 Å². The fraction of sp³-hybridized carbons (Fsp3) is 0.571. The summed E-state index contributed by atoms with van der Waals surface area (Å²) < 4.78 is 0. The highest BCUT2D eigenvalue weighted by atomic mass is 32.2. The van der Waals surface area contributed by atoms with E-state index in [9.17, 15) is 4.79 Å². The number of hydrogen-bond acceptors (Lipinski definition) is 3. The number of carbonyl (C=O) groups excluding carboxylic acids is 1. The van der Waals surface area contributed by atoms with Crippen molar-refractivity contribution >= 4 is 17.5 Å². The zero-order valence-corrected chi connectivity index (χ0v) is 6.46. The maximum atomic E-state index is 11.2. The van der Waals surface area contributed by atoms with Crippen molar-refractivity contribution in [3.8, 4) is 0 Å². The quantitative estimate of drug-likeness (QED) is 0.570. The van der Waals surface area contributed by atoms with Gasteiger partial charge in [-0.05, 0) is 12.8 Å². The Morgan fingerprint density at radius 3 is 3.10 bits per heavy atom. The van der Waals surface area contributed by atoms with Crippen LogP contribution >= 0.6 is 11.8 Å². The fourth-order valence-electron chi connectivity index (χ4n) is 1.35. The summed E-state index contributed by atoms with van der Waals surface area (Å²) in [6.45, 7) is 0. The summed E-state index contributed by atoms with van der Waals surface area (Å²) in [6, 6.07) is 0. The third-order valence-corrected chi connectivity index (χ3v) is 2.91. The van der Waals surface area contributed by atoms with Gasteiger partial charge in [0, 0.05) is 12.1 Å². The van der Waals surface area contributed by atoms with E-state index in [1.807, 2.05) is 0 Å². The first kappa shape index (κ1) is 6.28. The van der Waals surface area contributed by atoms with Crippen LogP contribution in [0.4, 0.5) is 0 Å². The number of allylic oxidation sites excluding steroid dienone is 2. The first-order valence-electron chi connectivity index (χ1n) is 3.51. The van der Waals surface area contributed by atoms with Gasteiger partial charge in [0.2, 0.25) is 0 Å². The molecule has 0 amide bonds. The van der Waals surface area contributed by atoms with Gasteiger partial charge in [0.1, 0.15) is 0 Å². The minimum atomic E-state index is 0.344. The number of ketones is 1. The molecule has 3 heteroatoms. The van der Waals surface area contributed by atoms with Crippen LogP contribution in [0.15, 0.2) is 10.6 Å². The van der Waals surface area contributed by atoms with Crippen molar-refractivity contribution in [2.45, 2.75) is 19.3 Å². The van der Waals surface area contributed by atoms with Crippen molar-refractivity contribution in [1.82, 2.24) is 5.32 Å². The second-order valence-electron chi connectivity index (χ2n) is 2.55. The molecule has 1 N–H and O–H groups in total. The molecule has 2 nitrogen and oxygen atoms in total. The molecule has 0 bridgehead atoms. The number of rotatable bonds is 0. The van der Waals surface area contributed by atoms with Crippen LogP contribution < -0.4 is 5.32 Å². The summed E-state index contributed by atoms with van der Waals surface area (Å²) in [6.07, 6.45) is 2.87. The molecule has 0 radical (unpaired) electrons. The fourth-order valence-corrected chi connectivity index (χ4v) is 2.35. The Balaban J connectivity index is 2.31. The van der Waals surface area contributed by atoms with Crippen LogP contribution in [0.3, 0.4) is 0 Å². The van der Waals surface area contributed by atoms with Gasteiger partial charge in [-0.3, -0.25) is 4.79 Å². The highest BCUT2D eigenvalue weighted by Crippen LogP contribution is 2.32. The molecule has 0 aromatic carbocycles. The zero-order valence-electron chi connectivity index (χ0n) is 5.64. The Bertz CT molecular complexity index is 210. The third-order valence-electron chi connectivity index (χ3n) is 1.86. The van der Waals surface area contributed by atoms with Gasteiger partial charge in [0.25, 0.3) is 0 Å². The van der Waals surface area contributed by atoms with Crippen LogP contribution in [0, 0.1) is 0 Å². The highest BCUT2D eigenvalue weighted by Gasteiger charge is 2.24. The lowest BCUT2D eigenvalue weighted by atomic mass is 10.0. The normalized spacial score (nSPS) is 24.6. The molecule has 1 heterocycles. The van der Waals surface area contributed by atoms with Crippen molar-refractivity contribution in [3.63, 3.8) is 0 Å². The Morgan fingerprint density at radius 2 is 2.30 bits per heavy atom. The SMILES string of the molecule is O=C1CCCC2=C1SCN2. The van der Waals surface area contributed by atoms with Crippen molar-refractivity contribution < 1.29 is 4.79 Å². The van der Waals surface area contributed by atoms with Crippen LogP contribution in [-0.2, 0) is 4.79 Å². The number of nitrogens with one attached hydrogen (secondary N) is 1. The number of hydrogen-bond donors (Lipinski definition) is 1. The molecule has 10 heavy (non-hydrogen) atoms. The van der Waals surface area contributed by atoms with Gasteiger partial charge in [0.05, 0.1) is 10.8 Å². The average Bonchev–Trinajstić information content (AvgIpc) is 2.36. The lowest BCUT2D eigenvalue weighted by molar-refractivity contribution is -0.115. The van der Waals surface area contributed by atoms with Gasteiger partial charge in [-0.2, -0.15) is 0 Å². The van der Waals surface area contributed by atoms with E-state index in [-0.39, 0.29) is 0 Å². The molecule has 0 spiro atoms. The first-order valence-corrected chi connectivity index (χ1v) is 4.49. The smallest absolute Gasteiger partial charge is 0.171 e. The number of carbonyl (C=O) groups is 1. The van der Waals surface area contributed by atoms with E-state index in [4.69, 9.17) is 0 Å². The molecule has 0 aromatic rings. The van der Waals surface area contributed by atoms with E-state index < -0.39 is 0 Å². The molecule has 2 rings (SSSR count). The molecule has 0 saturated heterocycles.